The second-order valence-electron chi connectivity index (χ2n) is 5.41. The zero-order valence-corrected chi connectivity index (χ0v) is 12.7. The maximum Gasteiger partial charge on any atom is 0.205 e. The van der Waals surface area contributed by atoms with E-state index in [1.165, 1.54) is 31.2 Å². The summed E-state index contributed by atoms with van der Waals surface area (Å²) in [5.41, 5.74) is 1.45. The predicted octanol–water partition coefficient (Wildman–Crippen LogP) is 4.24. The summed E-state index contributed by atoms with van der Waals surface area (Å²) in [6.07, 6.45) is 6.09. The molecule has 1 N–H and O–H groups in total. The Morgan fingerprint density at radius 2 is 1.95 bits per heavy atom. The van der Waals surface area contributed by atoms with Crippen LogP contribution in [0.5, 0.6) is 0 Å². The summed E-state index contributed by atoms with van der Waals surface area (Å²) in [6.45, 7) is 2.12. The summed E-state index contributed by atoms with van der Waals surface area (Å²) in [7, 11) is 0. The van der Waals surface area contributed by atoms with Crippen LogP contribution < -0.4 is 5.32 Å². The van der Waals surface area contributed by atoms with Gasteiger partial charge in [-0.05, 0) is 24.8 Å². The van der Waals surface area contributed by atoms with Crippen LogP contribution in [-0.2, 0) is 6.42 Å². The van der Waals surface area contributed by atoms with Gasteiger partial charge in [0, 0.05) is 12.0 Å². The fourth-order valence-electron chi connectivity index (χ4n) is 3.02. The lowest BCUT2D eigenvalue weighted by atomic mass is 9.80. The Morgan fingerprint density at radius 1 is 1.15 bits per heavy atom. The van der Waals surface area contributed by atoms with Crippen LogP contribution in [0.3, 0.4) is 0 Å². The fourth-order valence-corrected chi connectivity index (χ4v) is 3.76. The lowest BCUT2D eigenvalue weighted by Crippen LogP contribution is -2.30. The van der Waals surface area contributed by atoms with Crippen LogP contribution in [0.1, 0.15) is 49.1 Å². The molecule has 0 saturated heterocycles. The van der Waals surface area contributed by atoms with E-state index in [1.807, 2.05) is 0 Å². The number of benzene rings is 1. The number of hydrogen-bond donors (Lipinski definition) is 1. The number of hydrogen-bond acceptors (Lipinski definition) is 4. The summed E-state index contributed by atoms with van der Waals surface area (Å²) in [5, 5.41) is 14.2. The van der Waals surface area contributed by atoms with Gasteiger partial charge < -0.3 is 5.32 Å². The average Bonchev–Trinajstić information content (AvgIpc) is 2.96. The fraction of sp³-hybridized carbons (Fsp3) is 0.500. The van der Waals surface area contributed by atoms with Crippen LogP contribution in [0.2, 0.25) is 0 Å². The Kier molecular flexibility index (Phi) is 4.31. The molecule has 2 atom stereocenters. The number of nitrogens with one attached hydrogen (secondary N) is 1. The van der Waals surface area contributed by atoms with Gasteiger partial charge in [-0.2, -0.15) is 0 Å². The maximum atomic E-state index is 4.27. The minimum absolute atomic E-state index is 0.490. The van der Waals surface area contributed by atoms with Crippen LogP contribution in [0.15, 0.2) is 30.3 Å². The molecule has 0 amide bonds. The lowest BCUT2D eigenvalue weighted by molar-refractivity contribution is 0.405. The van der Waals surface area contributed by atoms with E-state index >= 15 is 0 Å². The van der Waals surface area contributed by atoms with Gasteiger partial charge in [0.1, 0.15) is 5.01 Å². The first-order valence-electron chi connectivity index (χ1n) is 7.50. The van der Waals surface area contributed by atoms with Crippen LogP contribution in [0.25, 0.3) is 0 Å². The second-order valence-corrected chi connectivity index (χ2v) is 6.47. The molecule has 106 valence electrons. The standard InChI is InChI=1S/C16H21N3S/c1-2-15-18-19-16(20-15)17-14-11-7-6-10-13(14)12-8-4-3-5-9-12/h3-5,8-9,13-14H,2,6-7,10-11H2,1H3,(H,17,19). The molecule has 1 aromatic carbocycles. The molecule has 1 aliphatic rings. The van der Waals surface area contributed by atoms with Crippen LogP contribution in [0, 0.1) is 0 Å². The van der Waals surface area contributed by atoms with Crippen LogP contribution in [-0.4, -0.2) is 16.2 Å². The minimum atomic E-state index is 0.490. The Hall–Kier alpha value is -1.42. The Labute approximate surface area is 124 Å². The van der Waals surface area contributed by atoms with Gasteiger partial charge in [-0.1, -0.05) is 61.4 Å². The Bertz CT molecular complexity index is 538. The second kappa shape index (κ2) is 6.35. The quantitative estimate of drug-likeness (QED) is 0.914. The van der Waals surface area contributed by atoms with E-state index in [0.717, 1.165) is 16.6 Å². The smallest absolute Gasteiger partial charge is 0.205 e. The largest absolute Gasteiger partial charge is 0.357 e. The molecule has 3 nitrogen and oxygen atoms in total. The summed E-state index contributed by atoms with van der Waals surface area (Å²) < 4.78 is 0. The molecule has 2 unspecified atom stereocenters. The summed E-state index contributed by atoms with van der Waals surface area (Å²) in [4.78, 5) is 0. The minimum Gasteiger partial charge on any atom is -0.357 e. The molecule has 0 aliphatic heterocycles. The maximum absolute atomic E-state index is 4.27. The van der Waals surface area contributed by atoms with Crippen molar-refractivity contribution in [3.05, 3.63) is 40.9 Å². The van der Waals surface area contributed by atoms with Gasteiger partial charge in [-0.25, -0.2) is 0 Å². The summed E-state index contributed by atoms with van der Waals surface area (Å²) in [5.74, 6) is 0.596. The van der Waals surface area contributed by atoms with Gasteiger partial charge in [-0.15, -0.1) is 10.2 Å². The number of nitrogens with zero attached hydrogens (tertiary/aromatic N) is 2. The van der Waals surface area contributed by atoms with Gasteiger partial charge in [0.2, 0.25) is 5.13 Å². The van der Waals surface area contributed by atoms with Gasteiger partial charge >= 0.3 is 0 Å². The number of anilines is 1. The van der Waals surface area contributed by atoms with Crippen molar-refractivity contribution in [3.8, 4) is 0 Å². The number of aryl methyl sites for hydroxylation is 1. The van der Waals surface area contributed by atoms with Crippen LogP contribution in [0.4, 0.5) is 5.13 Å². The molecule has 0 spiro atoms. The molecule has 20 heavy (non-hydrogen) atoms. The van der Waals surface area contributed by atoms with Crippen molar-refractivity contribution in [2.45, 2.75) is 51.0 Å². The molecule has 1 aliphatic carbocycles. The molecule has 1 aromatic heterocycles. The van der Waals surface area contributed by atoms with Crippen LogP contribution >= 0.6 is 11.3 Å². The van der Waals surface area contributed by atoms with Gasteiger partial charge in [0.05, 0.1) is 0 Å². The van der Waals surface area contributed by atoms with E-state index in [9.17, 15) is 0 Å². The number of rotatable bonds is 4. The van der Waals surface area contributed by atoms with E-state index in [0.29, 0.717) is 12.0 Å². The van der Waals surface area contributed by atoms with E-state index in [-0.39, 0.29) is 0 Å². The van der Waals surface area contributed by atoms with Gasteiger partial charge in [-0.3, -0.25) is 0 Å². The molecule has 3 rings (SSSR count). The van der Waals surface area contributed by atoms with E-state index in [4.69, 9.17) is 0 Å². The molecule has 0 bridgehead atoms. The average molecular weight is 287 g/mol. The third-order valence-electron chi connectivity index (χ3n) is 4.07. The third-order valence-corrected chi connectivity index (χ3v) is 5.07. The molecule has 1 saturated carbocycles. The first kappa shape index (κ1) is 13.6. The summed E-state index contributed by atoms with van der Waals surface area (Å²) in [6, 6.07) is 11.4. The molecule has 4 heteroatoms. The Morgan fingerprint density at radius 3 is 2.70 bits per heavy atom. The normalized spacial score (nSPS) is 22.6. The van der Waals surface area contributed by atoms with E-state index in [1.54, 1.807) is 11.3 Å². The third kappa shape index (κ3) is 3.01. The van der Waals surface area contributed by atoms with E-state index < -0.39 is 0 Å². The van der Waals surface area contributed by atoms with Crippen molar-refractivity contribution in [2.75, 3.05) is 5.32 Å². The topological polar surface area (TPSA) is 37.8 Å². The van der Waals surface area contributed by atoms with Gasteiger partial charge in [0.25, 0.3) is 0 Å². The van der Waals surface area contributed by atoms with Crippen molar-refractivity contribution in [1.29, 1.82) is 0 Å². The highest BCUT2D eigenvalue weighted by Gasteiger charge is 2.27. The monoisotopic (exact) mass is 287 g/mol. The van der Waals surface area contributed by atoms with Crippen molar-refractivity contribution in [1.82, 2.24) is 10.2 Å². The van der Waals surface area contributed by atoms with Crippen molar-refractivity contribution in [2.24, 2.45) is 0 Å². The first-order chi connectivity index (χ1) is 9.86. The Balaban J connectivity index is 1.75. The lowest BCUT2D eigenvalue weighted by Gasteiger charge is -2.32. The highest BCUT2D eigenvalue weighted by molar-refractivity contribution is 7.15. The van der Waals surface area contributed by atoms with E-state index in [2.05, 4.69) is 52.8 Å². The highest BCUT2D eigenvalue weighted by Crippen LogP contribution is 2.35. The predicted molar refractivity (Wildman–Crippen MR) is 84.3 cm³/mol. The zero-order chi connectivity index (χ0) is 13.8. The van der Waals surface area contributed by atoms with Crippen molar-refractivity contribution >= 4 is 16.5 Å². The molecule has 1 heterocycles. The molecular formula is C16H21N3S. The molecular weight excluding hydrogens is 266 g/mol. The van der Waals surface area contributed by atoms with Crippen molar-refractivity contribution < 1.29 is 0 Å². The number of aromatic nitrogens is 2. The molecule has 0 radical (unpaired) electrons. The first-order valence-corrected chi connectivity index (χ1v) is 8.32. The zero-order valence-electron chi connectivity index (χ0n) is 11.9. The molecule has 1 fully saturated rings. The van der Waals surface area contributed by atoms with Gasteiger partial charge in [0.15, 0.2) is 0 Å². The van der Waals surface area contributed by atoms with Crippen molar-refractivity contribution in [3.63, 3.8) is 0 Å². The summed E-state index contributed by atoms with van der Waals surface area (Å²) >= 11 is 1.69. The highest BCUT2D eigenvalue weighted by atomic mass is 32.1. The molecule has 2 aromatic rings. The SMILES string of the molecule is CCc1nnc(NC2CCCCC2c2ccccc2)s1.